The van der Waals surface area contributed by atoms with Crippen LogP contribution in [-0.2, 0) is 0 Å². The van der Waals surface area contributed by atoms with Gasteiger partial charge in [-0.2, -0.15) is 0 Å². The summed E-state index contributed by atoms with van der Waals surface area (Å²) in [5.41, 5.74) is 0.902. The van der Waals surface area contributed by atoms with Crippen molar-refractivity contribution in [3.05, 3.63) is 40.6 Å². The number of rotatable bonds is 3. The lowest BCUT2D eigenvalue weighted by atomic mass is 10.3. The predicted octanol–water partition coefficient (Wildman–Crippen LogP) is 3.58. The summed E-state index contributed by atoms with van der Waals surface area (Å²) >= 11 is 3.27. The van der Waals surface area contributed by atoms with E-state index in [9.17, 15) is 4.39 Å². The van der Waals surface area contributed by atoms with Crippen molar-refractivity contribution in [3.8, 4) is 0 Å². The molecule has 1 aromatic carbocycles. The normalized spacial score (nSPS) is 10.7. The predicted molar refractivity (Wildman–Crippen MR) is 57.4 cm³/mol. The second-order valence-corrected chi connectivity index (χ2v) is 3.43. The lowest BCUT2D eigenvalue weighted by molar-refractivity contribution is 0.627. The van der Waals surface area contributed by atoms with E-state index >= 15 is 0 Å². The molecule has 70 valence electrons. The first-order valence-corrected chi connectivity index (χ1v) is 4.83. The molecule has 1 rings (SSSR count). The smallest absolute Gasteiger partial charge is 0.124 e. The highest BCUT2D eigenvalue weighted by Gasteiger charge is 1.98. The zero-order valence-corrected chi connectivity index (χ0v) is 8.94. The molecule has 1 aromatic rings. The molecule has 0 heterocycles. The molecule has 0 atom stereocenters. The largest absolute Gasteiger partial charge is 0.381 e. The summed E-state index contributed by atoms with van der Waals surface area (Å²) in [7, 11) is 0. The maximum absolute atomic E-state index is 12.7. The van der Waals surface area contributed by atoms with Crippen LogP contribution in [-0.4, -0.2) is 6.54 Å². The van der Waals surface area contributed by atoms with Gasteiger partial charge in [-0.05, 0) is 41.1 Å². The lowest BCUT2D eigenvalue weighted by Gasteiger charge is -2.05. The number of hydrogen-bond donors (Lipinski definition) is 1. The molecule has 0 bridgehead atoms. The fraction of sp³-hybridized carbons (Fsp3) is 0.200. The molecular formula is C10H11BrFN. The van der Waals surface area contributed by atoms with Gasteiger partial charge in [0.05, 0.1) is 0 Å². The van der Waals surface area contributed by atoms with Crippen molar-refractivity contribution in [2.24, 2.45) is 0 Å². The quantitative estimate of drug-likeness (QED) is 0.801. The van der Waals surface area contributed by atoms with E-state index < -0.39 is 0 Å². The van der Waals surface area contributed by atoms with Crippen LogP contribution >= 0.6 is 15.9 Å². The number of hydrogen-bond acceptors (Lipinski definition) is 1. The summed E-state index contributed by atoms with van der Waals surface area (Å²) in [5.74, 6) is -0.233. The van der Waals surface area contributed by atoms with Crippen LogP contribution in [0, 0.1) is 5.82 Å². The van der Waals surface area contributed by atoms with Gasteiger partial charge in [-0.25, -0.2) is 4.39 Å². The van der Waals surface area contributed by atoms with E-state index in [1.54, 1.807) is 6.07 Å². The molecule has 0 aliphatic carbocycles. The van der Waals surface area contributed by atoms with Gasteiger partial charge in [-0.15, -0.1) is 0 Å². The molecule has 0 fully saturated rings. The topological polar surface area (TPSA) is 12.0 Å². The van der Waals surface area contributed by atoms with Crippen LogP contribution in [0.2, 0.25) is 0 Å². The Labute approximate surface area is 85.8 Å². The highest BCUT2D eigenvalue weighted by atomic mass is 79.9. The number of halogens is 2. The van der Waals surface area contributed by atoms with Crippen molar-refractivity contribution in [3.63, 3.8) is 0 Å². The summed E-state index contributed by atoms with van der Waals surface area (Å²) in [6.07, 6.45) is 3.96. The minimum Gasteiger partial charge on any atom is -0.381 e. The van der Waals surface area contributed by atoms with Gasteiger partial charge < -0.3 is 5.32 Å². The number of allylic oxidation sites excluding steroid dienone is 1. The fourth-order valence-corrected chi connectivity index (χ4v) is 1.41. The summed E-state index contributed by atoms with van der Waals surface area (Å²) in [6.45, 7) is 2.71. The first kappa shape index (κ1) is 10.3. The van der Waals surface area contributed by atoms with Crippen molar-refractivity contribution in [2.45, 2.75) is 6.92 Å². The molecule has 1 nitrogen and oxygen atoms in total. The maximum Gasteiger partial charge on any atom is 0.124 e. The lowest BCUT2D eigenvalue weighted by Crippen LogP contribution is -1.98. The third-order valence-electron chi connectivity index (χ3n) is 1.58. The van der Waals surface area contributed by atoms with Crippen LogP contribution in [0.5, 0.6) is 0 Å². The summed E-state index contributed by atoms with van der Waals surface area (Å²) < 4.78 is 13.4. The fourth-order valence-electron chi connectivity index (χ4n) is 0.920. The molecule has 0 aliphatic rings. The van der Waals surface area contributed by atoms with Gasteiger partial charge in [0.2, 0.25) is 0 Å². The standard InChI is InChI=1S/C10H11BrFN/c1-2-3-6-13-10-5-4-8(12)7-9(10)11/h2-5,7,13H,6H2,1H3/b3-2+. The van der Waals surface area contributed by atoms with Crippen molar-refractivity contribution in [1.82, 2.24) is 0 Å². The Morgan fingerprint density at radius 2 is 2.31 bits per heavy atom. The molecule has 1 N–H and O–H groups in total. The SMILES string of the molecule is C/C=C/CNc1ccc(F)cc1Br. The van der Waals surface area contributed by atoms with E-state index in [0.717, 1.165) is 16.7 Å². The van der Waals surface area contributed by atoms with Gasteiger partial charge in [0.15, 0.2) is 0 Å². The van der Waals surface area contributed by atoms with Crippen LogP contribution in [0.3, 0.4) is 0 Å². The minimum atomic E-state index is -0.233. The van der Waals surface area contributed by atoms with Gasteiger partial charge in [0.1, 0.15) is 5.82 Å². The molecule has 13 heavy (non-hydrogen) atoms. The molecular weight excluding hydrogens is 233 g/mol. The van der Waals surface area contributed by atoms with E-state index in [2.05, 4.69) is 21.2 Å². The highest BCUT2D eigenvalue weighted by Crippen LogP contribution is 2.22. The molecule has 0 amide bonds. The van der Waals surface area contributed by atoms with Gasteiger partial charge in [-0.1, -0.05) is 12.2 Å². The zero-order chi connectivity index (χ0) is 9.68. The van der Waals surface area contributed by atoms with Crippen molar-refractivity contribution < 1.29 is 4.39 Å². The second kappa shape index (κ2) is 5.02. The Bertz CT molecular complexity index is 310. The maximum atomic E-state index is 12.7. The first-order chi connectivity index (χ1) is 6.24. The van der Waals surface area contributed by atoms with Gasteiger partial charge >= 0.3 is 0 Å². The molecule has 0 radical (unpaired) electrons. The highest BCUT2D eigenvalue weighted by molar-refractivity contribution is 9.10. The van der Waals surface area contributed by atoms with Crippen LogP contribution in [0.4, 0.5) is 10.1 Å². The molecule has 0 aliphatic heterocycles. The molecule has 0 saturated heterocycles. The minimum absolute atomic E-state index is 0.233. The van der Waals surface area contributed by atoms with Crippen LogP contribution in [0.25, 0.3) is 0 Å². The van der Waals surface area contributed by atoms with E-state index in [4.69, 9.17) is 0 Å². The second-order valence-electron chi connectivity index (χ2n) is 2.57. The Morgan fingerprint density at radius 1 is 1.54 bits per heavy atom. The van der Waals surface area contributed by atoms with E-state index in [-0.39, 0.29) is 5.82 Å². The average molecular weight is 244 g/mol. The van der Waals surface area contributed by atoms with Crippen LogP contribution < -0.4 is 5.32 Å². The van der Waals surface area contributed by atoms with Crippen LogP contribution in [0.15, 0.2) is 34.8 Å². The summed E-state index contributed by atoms with van der Waals surface area (Å²) in [4.78, 5) is 0. The summed E-state index contributed by atoms with van der Waals surface area (Å²) in [6, 6.07) is 4.59. The van der Waals surface area contributed by atoms with Crippen molar-refractivity contribution in [2.75, 3.05) is 11.9 Å². The molecule has 0 unspecified atom stereocenters. The zero-order valence-electron chi connectivity index (χ0n) is 7.35. The summed E-state index contributed by atoms with van der Waals surface area (Å²) in [5, 5.41) is 3.14. The molecule has 0 saturated carbocycles. The van der Waals surface area contributed by atoms with Gasteiger partial charge in [0.25, 0.3) is 0 Å². The third kappa shape index (κ3) is 3.19. The van der Waals surface area contributed by atoms with E-state index in [1.807, 2.05) is 19.1 Å². The van der Waals surface area contributed by atoms with Gasteiger partial charge in [0, 0.05) is 16.7 Å². The first-order valence-electron chi connectivity index (χ1n) is 4.04. The molecule has 0 spiro atoms. The Balaban J connectivity index is 2.66. The average Bonchev–Trinajstić information content (AvgIpc) is 2.09. The third-order valence-corrected chi connectivity index (χ3v) is 2.23. The number of anilines is 1. The Hall–Kier alpha value is -0.830. The number of benzene rings is 1. The molecule has 0 aromatic heterocycles. The van der Waals surface area contributed by atoms with Crippen LogP contribution in [0.1, 0.15) is 6.92 Å². The Morgan fingerprint density at radius 3 is 2.92 bits per heavy atom. The van der Waals surface area contributed by atoms with Crippen molar-refractivity contribution >= 4 is 21.6 Å². The number of nitrogens with one attached hydrogen (secondary N) is 1. The Kier molecular flexibility index (Phi) is 3.96. The monoisotopic (exact) mass is 243 g/mol. The van der Waals surface area contributed by atoms with E-state index in [0.29, 0.717) is 0 Å². The van der Waals surface area contributed by atoms with E-state index in [1.165, 1.54) is 12.1 Å². The molecule has 3 heteroatoms. The van der Waals surface area contributed by atoms with Crippen molar-refractivity contribution in [1.29, 1.82) is 0 Å². The van der Waals surface area contributed by atoms with Gasteiger partial charge in [-0.3, -0.25) is 0 Å².